The van der Waals surface area contributed by atoms with Gasteiger partial charge in [-0.05, 0) is 36.6 Å². The molecule has 1 atom stereocenters. The van der Waals surface area contributed by atoms with Crippen LogP contribution in [0.5, 0.6) is 0 Å². The highest BCUT2D eigenvalue weighted by atomic mass is 16.5. The Morgan fingerprint density at radius 3 is 2.58 bits per heavy atom. The van der Waals surface area contributed by atoms with Crippen molar-refractivity contribution >= 4 is 17.5 Å². The molecule has 0 bridgehead atoms. The lowest BCUT2D eigenvalue weighted by atomic mass is 10.0. The number of amides is 2. The van der Waals surface area contributed by atoms with Gasteiger partial charge in [-0.1, -0.05) is 67.4 Å². The number of hydrogen-bond acceptors (Lipinski definition) is 4. The minimum atomic E-state index is -0.271. The van der Waals surface area contributed by atoms with E-state index in [1.54, 1.807) is 17.9 Å². The largest absolute Gasteiger partial charge is 0.351 e. The lowest BCUT2D eigenvalue weighted by Crippen LogP contribution is -2.58. The summed E-state index contributed by atoms with van der Waals surface area (Å²) in [6.45, 7) is 4.40. The normalized spacial score (nSPS) is 16.6. The Kier molecular flexibility index (Phi) is 6.16. The van der Waals surface area contributed by atoms with Gasteiger partial charge in [0.05, 0.1) is 11.7 Å². The molecule has 0 spiro atoms. The van der Waals surface area contributed by atoms with Crippen molar-refractivity contribution in [3.05, 3.63) is 72.1 Å². The van der Waals surface area contributed by atoms with Crippen LogP contribution in [-0.2, 0) is 4.79 Å². The maximum Gasteiger partial charge on any atom is 0.293 e. The molecule has 160 valence electrons. The maximum absolute atomic E-state index is 13.1. The van der Waals surface area contributed by atoms with E-state index in [4.69, 9.17) is 4.52 Å². The molecule has 2 aromatic carbocycles. The van der Waals surface area contributed by atoms with Crippen LogP contribution in [0.15, 0.2) is 65.2 Å². The number of hydrogen-bond donors (Lipinski definition) is 0. The molecule has 1 fully saturated rings. The summed E-state index contributed by atoms with van der Waals surface area (Å²) in [7, 11) is 0. The average Bonchev–Trinajstić information content (AvgIpc) is 3.24. The zero-order valence-corrected chi connectivity index (χ0v) is 18.0. The summed E-state index contributed by atoms with van der Waals surface area (Å²) in [6.07, 6.45) is 2.84. The SMILES string of the molecule is CCCC[C@@H]1CN(c2cccc(-c3ccccc3)c2)C(=O)CN1C(=O)c1cc(C)no1. The molecule has 4 rings (SSSR count). The van der Waals surface area contributed by atoms with E-state index in [1.165, 1.54) is 0 Å². The maximum atomic E-state index is 13.1. The number of nitrogens with zero attached hydrogens (tertiary/aromatic N) is 3. The van der Waals surface area contributed by atoms with E-state index in [-0.39, 0.29) is 30.2 Å². The summed E-state index contributed by atoms with van der Waals surface area (Å²) in [5.41, 5.74) is 3.67. The van der Waals surface area contributed by atoms with Gasteiger partial charge in [0.1, 0.15) is 6.54 Å². The number of piperazine rings is 1. The van der Waals surface area contributed by atoms with Gasteiger partial charge in [-0.3, -0.25) is 9.59 Å². The van der Waals surface area contributed by atoms with Crippen LogP contribution >= 0.6 is 0 Å². The highest BCUT2D eigenvalue weighted by Crippen LogP contribution is 2.28. The number of carbonyl (C=O) groups is 2. The summed E-state index contributed by atoms with van der Waals surface area (Å²) in [6, 6.07) is 19.7. The number of unbranched alkanes of at least 4 members (excludes halogenated alkanes) is 1. The Labute approximate surface area is 182 Å². The highest BCUT2D eigenvalue weighted by molar-refractivity contribution is 6.01. The molecule has 0 radical (unpaired) electrons. The van der Waals surface area contributed by atoms with Gasteiger partial charge in [0, 0.05) is 18.3 Å². The summed E-state index contributed by atoms with van der Waals surface area (Å²) >= 11 is 0. The van der Waals surface area contributed by atoms with Crippen molar-refractivity contribution in [2.75, 3.05) is 18.0 Å². The molecule has 1 aromatic heterocycles. The van der Waals surface area contributed by atoms with Crippen LogP contribution in [0.4, 0.5) is 5.69 Å². The van der Waals surface area contributed by atoms with Crippen molar-refractivity contribution in [3.63, 3.8) is 0 Å². The zero-order chi connectivity index (χ0) is 21.8. The molecule has 2 amide bonds. The van der Waals surface area contributed by atoms with E-state index in [0.717, 1.165) is 36.1 Å². The van der Waals surface area contributed by atoms with Crippen LogP contribution in [0.25, 0.3) is 11.1 Å². The third kappa shape index (κ3) is 4.53. The summed E-state index contributed by atoms with van der Waals surface area (Å²) in [5, 5.41) is 3.82. The van der Waals surface area contributed by atoms with Gasteiger partial charge in [-0.25, -0.2) is 0 Å². The first kappa shape index (κ1) is 20.8. The minimum Gasteiger partial charge on any atom is -0.351 e. The van der Waals surface area contributed by atoms with Gasteiger partial charge in [0.15, 0.2) is 0 Å². The topological polar surface area (TPSA) is 66.7 Å². The van der Waals surface area contributed by atoms with Crippen LogP contribution in [0.2, 0.25) is 0 Å². The van der Waals surface area contributed by atoms with Gasteiger partial charge in [0.2, 0.25) is 11.7 Å². The third-order valence-electron chi connectivity index (χ3n) is 5.70. The fraction of sp³-hybridized carbons (Fsp3) is 0.320. The lowest BCUT2D eigenvalue weighted by molar-refractivity contribution is -0.121. The highest BCUT2D eigenvalue weighted by Gasteiger charge is 2.37. The van der Waals surface area contributed by atoms with Crippen molar-refractivity contribution in [1.29, 1.82) is 0 Å². The Balaban J connectivity index is 1.60. The molecule has 1 saturated heterocycles. The number of aromatic nitrogens is 1. The second kappa shape index (κ2) is 9.16. The second-order valence-corrected chi connectivity index (χ2v) is 7.98. The molecular weight excluding hydrogens is 390 g/mol. The summed E-state index contributed by atoms with van der Waals surface area (Å²) < 4.78 is 5.18. The molecule has 0 saturated carbocycles. The van der Waals surface area contributed by atoms with Crippen molar-refractivity contribution in [3.8, 4) is 11.1 Å². The van der Waals surface area contributed by atoms with Crippen molar-refractivity contribution in [2.45, 2.75) is 39.2 Å². The first-order valence-corrected chi connectivity index (χ1v) is 10.8. The minimum absolute atomic E-state index is 0.0303. The molecule has 0 unspecified atom stereocenters. The van der Waals surface area contributed by atoms with E-state index in [1.807, 2.05) is 47.4 Å². The second-order valence-electron chi connectivity index (χ2n) is 7.98. The van der Waals surface area contributed by atoms with Crippen LogP contribution in [-0.4, -0.2) is 41.0 Å². The Hall–Kier alpha value is -3.41. The molecule has 0 N–H and O–H groups in total. The van der Waals surface area contributed by atoms with E-state index in [9.17, 15) is 9.59 Å². The van der Waals surface area contributed by atoms with E-state index < -0.39 is 0 Å². The molecule has 1 aliphatic rings. The molecule has 1 aliphatic heterocycles. The number of carbonyl (C=O) groups excluding carboxylic acids is 2. The fourth-order valence-corrected chi connectivity index (χ4v) is 4.04. The number of benzene rings is 2. The Bertz CT molecular complexity index is 1060. The van der Waals surface area contributed by atoms with E-state index in [2.05, 4.69) is 24.2 Å². The molecule has 6 nitrogen and oxygen atoms in total. The number of rotatable bonds is 6. The summed E-state index contributed by atoms with van der Waals surface area (Å²) in [4.78, 5) is 29.6. The fourth-order valence-electron chi connectivity index (χ4n) is 4.04. The van der Waals surface area contributed by atoms with Crippen LogP contribution in [0.1, 0.15) is 42.4 Å². The quantitative estimate of drug-likeness (QED) is 0.583. The lowest BCUT2D eigenvalue weighted by Gasteiger charge is -2.40. The first-order chi connectivity index (χ1) is 15.1. The molecule has 0 aliphatic carbocycles. The van der Waals surface area contributed by atoms with E-state index >= 15 is 0 Å². The standard InChI is InChI=1S/C25H27N3O3/c1-3-4-12-22-16-27(21-13-8-11-20(15-21)19-9-6-5-7-10-19)24(29)17-28(22)25(30)23-14-18(2)26-31-23/h5-11,13-15,22H,3-4,12,16-17H2,1-2H3/t22-/m1/s1. The van der Waals surface area contributed by atoms with Gasteiger partial charge in [0.25, 0.3) is 5.91 Å². The van der Waals surface area contributed by atoms with Gasteiger partial charge in [-0.15, -0.1) is 0 Å². The van der Waals surface area contributed by atoms with Gasteiger partial charge in [-0.2, -0.15) is 0 Å². The monoisotopic (exact) mass is 417 g/mol. The predicted octanol–water partition coefficient (Wildman–Crippen LogP) is 4.70. The third-order valence-corrected chi connectivity index (χ3v) is 5.70. The van der Waals surface area contributed by atoms with Gasteiger partial charge >= 0.3 is 0 Å². The van der Waals surface area contributed by atoms with Crippen molar-refractivity contribution in [1.82, 2.24) is 10.1 Å². The molecule has 31 heavy (non-hydrogen) atoms. The number of aryl methyl sites for hydroxylation is 1. The van der Waals surface area contributed by atoms with Crippen molar-refractivity contribution < 1.29 is 14.1 Å². The molecule has 2 heterocycles. The van der Waals surface area contributed by atoms with E-state index in [0.29, 0.717) is 12.2 Å². The van der Waals surface area contributed by atoms with Crippen LogP contribution in [0, 0.1) is 6.92 Å². The Morgan fingerprint density at radius 2 is 1.87 bits per heavy atom. The number of anilines is 1. The molecule has 3 aromatic rings. The zero-order valence-electron chi connectivity index (χ0n) is 18.0. The summed E-state index contributed by atoms with van der Waals surface area (Å²) in [5.74, 6) is -0.179. The average molecular weight is 418 g/mol. The van der Waals surface area contributed by atoms with Crippen LogP contribution < -0.4 is 4.90 Å². The smallest absolute Gasteiger partial charge is 0.293 e. The Morgan fingerprint density at radius 1 is 1.10 bits per heavy atom. The molecular formula is C25H27N3O3. The van der Waals surface area contributed by atoms with Crippen molar-refractivity contribution in [2.24, 2.45) is 0 Å². The van der Waals surface area contributed by atoms with Crippen LogP contribution in [0.3, 0.4) is 0 Å². The first-order valence-electron chi connectivity index (χ1n) is 10.8. The molecule has 6 heteroatoms. The predicted molar refractivity (Wildman–Crippen MR) is 120 cm³/mol. The van der Waals surface area contributed by atoms with Gasteiger partial charge < -0.3 is 14.3 Å².